The van der Waals surface area contributed by atoms with Crippen LogP contribution in [-0.4, -0.2) is 53.0 Å². The summed E-state index contributed by atoms with van der Waals surface area (Å²) < 4.78 is 27.2. The van der Waals surface area contributed by atoms with E-state index in [0.717, 1.165) is 55.7 Å². The number of hydrogen-bond acceptors (Lipinski definition) is 5. The molecule has 1 aliphatic carbocycles. The number of aromatic nitrogens is 3. The van der Waals surface area contributed by atoms with E-state index in [0.29, 0.717) is 17.6 Å². The Morgan fingerprint density at radius 2 is 2.00 bits per heavy atom. The minimum absolute atomic E-state index is 0.0452. The molecule has 2 fully saturated rings. The van der Waals surface area contributed by atoms with Gasteiger partial charge in [0.05, 0.1) is 0 Å². The van der Waals surface area contributed by atoms with Crippen molar-refractivity contribution in [2.45, 2.75) is 38.6 Å². The summed E-state index contributed by atoms with van der Waals surface area (Å²) in [6, 6.07) is 1.83. The van der Waals surface area contributed by atoms with E-state index in [4.69, 9.17) is 16.7 Å². The molecule has 0 unspecified atom stereocenters. The third kappa shape index (κ3) is 3.40. The van der Waals surface area contributed by atoms with E-state index in [2.05, 4.69) is 15.0 Å². The average Bonchev–Trinajstić information content (AvgIpc) is 3.37. The molecule has 0 radical (unpaired) electrons. The Morgan fingerprint density at radius 3 is 2.62 bits per heavy atom. The summed E-state index contributed by atoms with van der Waals surface area (Å²) in [7, 11) is -3.67. The number of fused-ring (bicyclic) bond motifs is 1. The van der Waals surface area contributed by atoms with E-state index >= 15 is 0 Å². The maximum absolute atomic E-state index is 12.0. The van der Waals surface area contributed by atoms with Gasteiger partial charge in [-0.25, -0.2) is 14.6 Å². The quantitative estimate of drug-likeness (QED) is 0.824. The van der Waals surface area contributed by atoms with Crippen LogP contribution in [0.25, 0.3) is 5.52 Å². The Bertz CT molecular complexity index is 918. The molecule has 0 amide bonds. The zero-order chi connectivity index (χ0) is 18.5. The second kappa shape index (κ2) is 6.63. The summed E-state index contributed by atoms with van der Waals surface area (Å²) >= 11 is 6.22. The van der Waals surface area contributed by atoms with E-state index in [-0.39, 0.29) is 6.04 Å². The van der Waals surface area contributed by atoms with Gasteiger partial charge in [-0.2, -0.15) is 17.8 Å². The van der Waals surface area contributed by atoms with Gasteiger partial charge in [-0.05, 0) is 50.2 Å². The average molecular weight is 399 g/mol. The number of rotatable bonds is 5. The van der Waals surface area contributed by atoms with Gasteiger partial charge in [-0.15, -0.1) is 0 Å². The first-order valence-electron chi connectivity index (χ1n) is 8.88. The van der Waals surface area contributed by atoms with E-state index < -0.39 is 10.2 Å². The highest BCUT2D eigenvalue weighted by molar-refractivity contribution is 7.86. The predicted molar refractivity (Wildman–Crippen MR) is 101 cm³/mol. The minimum atomic E-state index is -3.67. The molecule has 142 valence electrons. The number of hydrogen-bond donors (Lipinski definition) is 1. The highest BCUT2D eigenvalue weighted by Gasteiger charge is 2.35. The molecule has 0 bridgehead atoms. The molecule has 0 atom stereocenters. The molecule has 1 saturated carbocycles. The molecule has 0 spiro atoms. The van der Waals surface area contributed by atoms with Crippen molar-refractivity contribution < 1.29 is 8.42 Å². The Labute approximate surface area is 158 Å². The second-order valence-electron chi connectivity index (χ2n) is 7.27. The Morgan fingerprint density at radius 1 is 1.31 bits per heavy atom. The number of halogens is 1. The van der Waals surface area contributed by atoms with Crippen molar-refractivity contribution in [3.05, 3.63) is 23.1 Å². The van der Waals surface area contributed by atoms with Crippen molar-refractivity contribution in [3.63, 3.8) is 0 Å². The lowest BCUT2D eigenvalue weighted by atomic mass is 10.0. The Hall–Kier alpha value is -1.42. The van der Waals surface area contributed by atoms with Crippen LogP contribution < -0.4 is 10.0 Å². The Kier molecular flexibility index (Phi) is 4.58. The van der Waals surface area contributed by atoms with Crippen molar-refractivity contribution >= 4 is 33.1 Å². The minimum Gasteiger partial charge on any atom is -0.355 e. The summed E-state index contributed by atoms with van der Waals surface area (Å²) in [5, 5.41) is 10.2. The monoisotopic (exact) mass is 398 g/mol. The topological polar surface area (TPSA) is 96.8 Å². The van der Waals surface area contributed by atoms with Gasteiger partial charge in [0.15, 0.2) is 5.82 Å². The normalized spacial score (nSPS) is 19.6. The summed E-state index contributed by atoms with van der Waals surface area (Å²) in [6.45, 7) is 3.97. The smallest absolute Gasteiger partial charge is 0.277 e. The molecular formula is C16H23ClN6O2S. The third-order valence-corrected chi connectivity index (χ3v) is 6.69. The van der Waals surface area contributed by atoms with Crippen molar-refractivity contribution in [3.8, 4) is 0 Å². The molecule has 3 heterocycles. The van der Waals surface area contributed by atoms with Crippen molar-refractivity contribution in [2.24, 2.45) is 11.1 Å². The SMILES string of the molecule is Cc1cc(Cl)n2ncnc(N3CCC(N(CC4CC4)S(N)(=O)=O)CC3)c12. The lowest BCUT2D eigenvalue weighted by molar-refractivity contribution is 0.266. The van der Waals surface area contributed by atoms with Crippen LogP contribution in [0.1, 0.15) is 31.2 Å². The standard InChI is InChI=1S/C16H23ClN6O2S/c1-11-8-14(17)23-15(11)16(19-10-20-23)21-6-4-13(5-7-21)22(26(18,24)25)9-12-2-3-12/h8,10,12-13H,2-7,9H2,1H3,(H2,18,24,25). The van der Waals surface area contributed by atoms with E-state index in [9.17, 15) is 8.42 Å². The van der Waals surface area contributed by atoms with Crippen LogP contribution in [0.4, 0.5) is 5.82 Å². The van der Waals surface area contributed by atoms with Crippen LogP contribution in [0.5, 0.6) is 0 Å². The molecule has 10 heteroatoms. The summed E-state index contributed by atoms with van der Waals surface area (Å²) in [6.07, 6.45) is 5.15. The fourth-order valence-electron chi connectivity index (χ4n) is 3.77. The molecule has 2 aromatic heterocycles. The van der Waals surface area contributed by atoms with Crippen LogP contribution in [0.3, 0.4) is 0 Å². The van der Waals surface area contributed by atoms with Gasteiger partial charge in [0.25, 0.3) is 10.2 Å². The Balaban J connectivity index is 1.53. The molecule has 2 aromatic rings. The summed E-state index contributed by atoms with van der Waals surface area (Å²) in [5.74, 6) is 1.31. The van der Waals surface area contributed by atoms with Gasteiger partial charge in [0.1, 0.15) is 17.0 Å². The zero-order valence-corrected chi connectivity index (χ0v) is 16.2. The number of nitrogens with two attached hydrogens (primary N) is 1. The van der Waals surface area contributed by atoms with Crippen LogP contribution in [0.2, 0.25) is 5.15 Å². The highest BCUT2D eigenvalue weighted by Crippen LogP contribution is 2.33. The first kappa shape index (κ1) is 18.0. The lowest BCUT2D eigenvalue weighted by Gasteiger charge is -2.37. The molecule has 8 nitrogen and oxygen atoms in total. The van der Waals surface area contributed by atoms with Crippen LogP contribution in [0, 0.1) is 12.8 Å². The molecule has 0 aromatic carbocycles. The maximum Gasteiger partial charge on any atom is 0.277 e. The number of piperidine rings is 1. The van der Waals surface area contributed by atoms with Crippen LogP contribution in [0.15, 0.2) is 12.4 Å². The van der Waals surface area contributed by atoms with Gasteiger partial charge in [0, 0.05) is 25.7 Å². The van der Waals surface area contributed by atoms with Crippen LogP contribution >= 0.6 is 11.6 Å². The van der Waals surface area contributed by atoms with E-state index in [1.165, 1.54) is 10.6 Å². The van der Waals surface area contributed by atoms with E-state index in [1.54, 1.807) is 4.52 Å². The van der Waals surface area contributed by atoms with Gasteiger partial charge in [-0.1, -0.05) is 11.6 Å². The second-order valence-corrected chi connectivity index (χ2v) is 9.16. The number of aryl methyl sites for hydroxylation is 1. The predicted octanol–water partition coefficient (Wildman–Crippen LogP) is 1.58. The van der Waals surface area contributed by atoms with Gasteiger partial charge >= 0.3 is 0 Å². The summed E-state index contributed by atoms with van der Waals surface area (Å²) in [4.78, 5) is 6.64. The molecule has 1 saturated heterocycles. The van der Waals surface area contributed by atoms with Crippen molar-refractivity contribution in [2.75, 3.05) is 24.5 Å². The van der Waals surface area contributed by atoms with Gasteiger partial charge in [0.2, 0.25) is 0 Å². The van der Waals surface area contributed by atoms with Gasteiger partial charge in [-0.3, -0.25) is 0 Å². The molecule has 4 rings (SSSR count). The third-order valence-electron chi connectivity index (χ3n) is 5.32. The number of anilines is 1. The molecule has 26 heavy (non-hydrogen) atoms. The fraction of sp³-hybridized carbons (Fsp3) is 0.625. The fourth-order valence-corrected chi connectivity index (χ4v) is 5.11. The first-order chi connectivity index (χ1) is 12.3. The van der Waals surface area contributed by atoms with Crippen LogP contribution in [-0.2, 0) is 10.2 Å². The zero-order valence-electron chi connectivity index (χ0n) is 14.7. The largest absolute Gasteiger partial charge is 0.355 e. The van der Waals surface area contributed by atoms with E-state index in [1.807, 2.05) is 13.0 Å². The van der Waals surface area contributed by atoms with Crippen molar-refractivity contribution in [1.29, 1.82) is 0 Å². The highest BCUT2D eigenvalue weighted by atomic mass is 35.5. The molecular weight excluding hydrogens is 376 g/mol. The van der Waals surface area contributed by atoms with Crippen molar-refractivity contribution in [1.82, 2.24) is 18.9 Å². The number of nitrogens with zero attached hydrogens (tertiary/aromatic N) is 5. The molecule has 2 aliphatic rings. The maximum atomic E-state index is 12.0. The van der Waals surface area contributed by atoms with Gasteiger partial charge < -0.3 is 4.90 Å². The summed E-state index contributed by atoms with van der Waals surface area (Å²) in [5.41, 5.74) is 1.92. The molecule has 2 N–H and O–H groups in total. The first-order valence-corrected chi connectivity index (χ1v) is 10.8. The molecule has 1 aliphatic heterocycles. The lowest BCUT2D eigenvalue weighted by Crippen LogP contribution is -2.50.